The molecule has 9 nitrogen and oxygen atoms in total. The number of nitrogens with one attached hydrogen (secondary N) is 3. The van der Waals surface area contributed by atoms with E-state index in [0.29, 0.717) is 18.0 Å². The van der Waals surface area contributed by atoms with E-state index < -0.39 is 24.0 Å². The van der Waals surface area contributed by atoms with Crippen molar-refractivity contribution in [3.63, 3.8) is 0 Å². The molecule has 2 atom stereocenters. The number of carbonyl (C=O) groups is 3. The van der Waals surface area contributed by atoms with E-state index in [2.05, 4.69) is 20.6 Å². The minimum absolute atomic E-state index is 0.0209. The lowest BCUT2D eigenvalue weighted by atomic mass is 10.0. The monoisotopic (exact) mass is 339 g/mol. The summed E-state index contributed by atoms with van der Waals surface area (Å²) in [5.41, 5.74) is 6.34. The van der Waals surface area contributed by atoms with Gasteiger partial charge in [0.2, 0.25) is 11.8 Å². The first kappa shape index (κ1) is 19.6. The van der Waals surface area contributed by atoms with Crippen molar-refractivity contribution >= 4 is 17.8 Å². The van der Waals surface area contributed by atoms with Gasteiger partial charge in [0, 0.05) is 31.3 Å². The maximum Gasteiger partial charge on any atom is 0.326 e. The first-order valence-corrected chi connectivity index (χ1v) is 7.82. The van der Waals surface area contributed by atoms with E-state index in [-0.39, 0.29) is 25.3 Å². The van der Waals surface area contributed by atoms with Crippen LogP contribution in [0.5, 0.6) is 0 Å². The number of nitrogens with two attached hydrogens (primary N) is 1. The summed E-state index contributed by atoms with van der Waals surface area (Å²) in [6, 6.07) is -1.67. The van der Waals surface area contributed by atoms with Gasteiger partial charge in [0.25, 0.3) is 0 Å². The molecule has 134 valence electrons. The van der Waals surface area contributed by atoms with Crippen molar-refractivity contribution in [3.05, 3.63) is 18.2 Å². The van der Waals surface area contributed by atoms with Crippen molar-refractivity contribution in [1.82, 2.24) is 20.6 Å². The third-order valence-electron chi connectivity index (χ3n) is 3.33. The summed E-state index contributed by atoms with van der Waals surface area (Å²) in [6.45, 7) is 4.03. The fourth-order valence-electron chi connectivity index (χ4n) is 2.13. The second-order valence-electron chi connectivity index (χ2n) is 6.02. The van der Waals surface area contributed by atoms with Gasteiger partial charge in [0.05, 0.1) is 12.4 Å². The van der Waals surface area contributed by atoms with Crippen molar-refractivity contribution in [2.75, 3.05) is 6.54 Å². The van der Waals surface area contributed by atoms with Crippen LogP contribution in [0.25, 0.3) is 0 Å². The fraction of sp³-hybridized carbons (Fsp3) is 0.600. The highest BCUT2D eigenvalue weighted by Crippen LogP contribution is 2.02. The van der Waals surface area contributed by atoms with Crippen LogP contribution in [-0.2, 0) is 20.8 Å². The van der Waals surface area contributed by atoms with Crippen molar-refractivity contribution < 1.29 is 19.5 Å². The average molecular weight is 339 g/mol. The van der Waals surface area contributed by atoms with Gasteiger partial charge < -0.3 is 26.5 Å². The Hall–Kier alpha value is -2.42. The molecule has 6 N–H and O–H groups in total. The number of aliphatic carboxylic acids is 1. The summed E-state index contributed by atoms with van der Waals surface area (Å²) < 4.78 is 0. The lowest BCUT2D eigenvalue weighted by Gasteiger charge is -2.15. The molecular formula is C15H25N5O4. The second kappa shape index (κ2) is 9.66. The largest absolute Gasteiger partial charge is 0.480 e. The molecule has 0 aliphatic heterocycles. The van der Waals surface area contributed by atoms with E-state index in [1.54, 1.807) is 0 Å². The first-order chi connectivity index (χ1) is 11.3. The van der Waals surface area contributed by atoms with E-state index in [4.69, 9.17) is 10.8 Å². The van der Waals surface area contributed by atoms with Crippen molar-refractivity contribution in [1.29, 1.82) is 0 Å². The molecule has 1 aromatic rings. The number of imidazole rings is 1. The molecule has 0 aliphatic carbocycles. The van der Waals surface area contributed by atoms with Crippen LogP contribution in [0.3, 0.4) is 0 Å². The number of nitrogens with zero attached hydrogens (tertiary/aromatic N) is 1. The Morgan fingerprint density at radius 3 is 2.62 bits per heavy atom. The molecule has 0 bridgehead atoms. The van der Waals surface area contributed by atoms with Gasteiger partial charge in [-0.3, -0.25) is 9.59 Å². The number of aromatic nitrogens is 2. The Morgan fingerprint density at radius 1 is 1.38 bits per heavy atom. The molecule has 0 spiro atoms. The summed E-state index contributed by atoms with van der Waals surface area (Å²) in [4.78, 5) is 41.3. The van der Waals surface area contributed by atoms with E-state index in [0.717, 1.165) is 0 Å². The van der Waals surface area contributed by atoms with E-state index in [9.17, 15) is 14.4 Å². The Morgan fingerprint density at radius 2 is 2.08 bits per heavy atom. The predicted octanol–water partition coefficient (Wildman–Crippen LogP) is -0.599. The highest BCUT2D eigenvalue weighted by Gasteiger charge is 2.21. The van der Waals surface area contributed by atoms with Gasteiger partial charge >= 0.3 is 5.97 Å². The lowest BCUT2D eigenvalue weighted by Crippen LogP contribution is -2.45. The smallest absolute Gasteiger partial charge is 0.326 e. The standard InChI is InChI=1S/C15H25N5O4/c1-9(2)5-11(16)14(22)18-4-3-13(21)20-12(15(23)24)6-10-7-17-8-19-10/h7-9,11-12H,3-6,16H2,1-2H3,(H,17,19)(H,18,22)(H,20,21)(H,23,24)/t11-,12-/m0/s1. The molecule has 0 saturated carbocycles. The zero-order valence-electron chi connectivity index (χ0n) is 13.9. The fourth-order valence-corrected chi connectivity index (χ4v) is 2.13. The number of rotatable bonds is 10. The zero-order valence-corrected chi connectivity index (χ0v) is 13.9. The van der Waals surface area contributed by atoms with Gasteiger partial charge in [-0.1, -0.05) is 13.8 Å². The Labute approximate surface area is 140 Å². The quantitative estimate of drug-likeness (QED) is 0.384. The van der Waals surface area contributed by atoms with Crippen LogP contribution in [0.1, 0.15) is 32.4 Å². The van der Waals surface area contributed by atoms with Gasteiger partial charge in [-0.15, -0.1) is 0 Å². The molecule has 2 amide bonds. The maximum absolute atomic E-state index is 11.8. The van der Waals surface area contributed by atoms with Crippen LogP contribution in [-0.4, -0.2) is 51.5 Å². The molecule has 0 saturated heterocycles. The maximum atomic E-state index is 11.8. The number of carboxylic acids is 1. The van der Waals surface area contributed by atoms with E-state index in [1.807, 2.05) is 13.8 Å². The SMILES string of the molecule is CC(C)C[C@H](N)C(=O)NCCC(=O)N[C@@H](Cc1cnc[nH]1)C(=O)O. The number of hydrogen-bond donors (Lipinski definition) is 5. The zero-order chi connectivity index (χ0) is 18.1. The van der Waals surface area contributed by atoms with E-state index >= 15 is 0 Å². The number of hydrogen-bond acceptors (Lipinski definition) is 5. The topological polar surface area (TPSA) is 150 Å². The number of amides is 2. The summed E-state index contributed by atoms with van der Waals surface area (Å²) in [7, 11) is 0. The van der Waals surface area contributed by atoms with Crippen molar-refractivity contribution in [2.45, 2.75) is 45.2 Å². The van der Waals surface area contributed by atoms with Gasteiger partial charge in [-0.2, -0.15) is 0 Å². The summed E-state index contributed by atoms with van der Waals surface area (Å²) in [5, 5.41) is 14.2. The molecule has 0 aliphatic rings. The molecule has 9 heteroatoms. The van der Waals surface area contributed by atoms with Crippen LogP contribution in [0.15, 0.2) is 12.5 Å². The number of carboxylic acid groups (broad SMARTS) is 1. The molecule has 1 heterocycles. The second-order valence-corrected chi connectivity index (χ2v) is 6.02. The van der Waals surface area contributed by atoms with Crippen LogP contribution < -0.4 is 16.4 Å². The van der Waals surface area contributed by atoms with Gasteiger partial charge in [-0.05, 0) is 12.3 Å². The highest BCUT2D eigenvalue weighted by atomic mass is 16.4. The van der Waals surface area contributed by atoms with Gasteiger partial charge in [0.1, 0.15) is 6.04 Å². The molecule has 1 aromatic heterocycles. The minimum atomic E-state index is -1.14. The number of H-pyrrole nitrogens is 1. The minimum Gasteiger partial charge on any atom is -0.480 e. The molecule has 1 rings (SSSR count). The van der Waals surface area contributed by atoms with Gasteiger partial charge in [-0.25, -0.2) is 9.78 Å². The Balaban J connectivity index is 2.35. The average Bonchev–Trinajstić information content (AvgIpc) is 2.98. The number of carbonyl (C=O) groups excluding carboxylic acids is 2. The molecular weight excluding hydrogens is 314 g/mol. The molecule has 0 radical (unpaired) electrons. The first-order valence-electron chi connectivity index (χ1n) is 7.82. The predicted molar refractivity (Wildman–Crippen MR) is 86.9 cm³/mol. The third kappa shape index (κ3) is 7.23. The summed E-state index contributed by atoms with van der Waals surface area (Å²) in [6.07, 6.45) is 3.58. The van der Waals surface area contributed by atoms with Crippen LogP contribution in [0.4, 0.5) is 0 Å². The van der Waals surface area contributed by atoms with Crippen molar-refractivity contribution in [2.24, 2.45) is 11.7 Å². The summed E-state index contributed by atoms with van der Waals surface area (Å²) in [5.74, 6) is -1.61. The Bertz CT molecular complexity index is 544. The van der Waals surface area contributed by atoms with Crippen LogP contribution in [0.2, 0.25) is 0 Å². The van der Waals surface area contributed by atoms with Crippen molar-refractivity contribution in [3.8, 4) is 0 Å². The Kier molecular flexibility index (Phi) is 7.90. The van der Waals surface area contributed by atoms with E-state index in [1.165, 1.54) is 12.5 Å². The lowest BCUT2D eigenvalue weighted by molar-refractivity contribution is -0.141. The van der Waals surface area contributed by atoms with Gasteiger partial charge in [0.15, 0.2) is 0 Å². The molecule has 0 fully saturated rings. The van der Waals surface area contributed by atoms with Crippen LogP contribution >= 0.6 is 0 Å². The van der Waals surface area contributed by atoms with Crippen LogP contribution in [0, 0.1) is 5.92 Å². The number of aromatic amines is 1. The highest BCUT2D eigenvalue weighted by molar-refractivity contribution is 5.85. The molecule has 24 heavy (non-hydrogen) atoms. The molecule has 0 unspecified atom stereocenters. The third-order valence-corrected chi connectivity index (χ3v) is 3.33. The molecule has 0 aromatic carbocycles. The summed E-state index contributed by atoms with van der Waals surface area (Å²) >= 11 is 0. The normalized spacial score (nSPS) is 13.3.